The quantitative estimate of drug-likeness (QED) is 0.832. The second-order valence-electron chi connectivity index (χ2n) is 7.27. The smallest absolute Gasteiger partial charge is 0.0897 e. The molecule has 4 rings (SSSR count). The molecular weight excluding hydrogens is 334 g/mol. The van der Waals surface area contributed by atoms with Crippen LogP contribution >= 0.6 is 11.3 Å². The Kier molecular flexibility index (Phi) is 4.66. The molecule has 0 amide bonds. The van der Waals surface area contributed by atoms with Crippen molar-refractivity contribution in [2.75, 3.05) is 26.2 Å². The molecule has 0 bridgehead atoms. The van der Waals surface area contributed by atoms with Gasteiger partial charge in [-0.25, -0.2) is 4.98 Å². The Labute approximate surface area is 153 Å². The highest BCUT2D eigenvalue weighted by Gasteiger charge is 2.40. The van der Waals surface area contributed by atoms with Crippen LogP contribution in [0.1, 0.15) is 27.7 Å². The van der Waals surface area contributed by atoms with E-state index in [-0.39, 0.29) is 0 Å². The normalized spacial score (nSPS) is 24.8. The van der Waals surface area contributed by atoms with Gasteiger partial charge in [0.15, 0.2) is 0 Å². The number of thiazole rings is 1. The molecule has 2 saturated heterocycles. The molecule has 7 heteroatoms. The molecule has 0 saturated carbocycles. The van der Waals surface area contributed by atoms with Gasteiger partial charge in [0.25, 0.3) is 0 Å². The van der Waals surface area contributed by atoms with Gasteiger partial charge in [0.05, 0.1) is 35.1 Å². The SMILES string of the molecule is Cc1nc(CN2CCO[C@H]3CN(Cc4c(C)nn(C)c4C)C[C@@H]32)cs1. The van der Waals surface area contributed by atoms with Crippen LogP contribution in [0.15, 0.2) is 5.38 Å². The molecule has 2 aliphatic heterocycles. The van der Waals surface area contributed by atoms with Gasteiger partial charge in [-0.1, -0.05) is 0 Å². The van der Waals surface area contributed by atoms with E-state index in [9.17, 15) is 0 Å². The Hall–Kier alpha value is -1.28. The molecule has 0 unspecified atom stereocenters. The van der Waals surface area contributed by atoms with Gasteiger partial charge in [-0.05, 0) is 20.8 Å². The molecule has 2 aromatic rings. The molecule has 0 spiro atoms. The van der Waals surface area contributed by atoms with Gasteiger partial charge in [-0.15, -0.1) is 11.3 Å². The first-order valence-corrected chi connectivity index (χ1v) is 9.87. The van der Waals surface area contributed by atoms with E-state index in [0.29, 0.717) is 12.1 Å². The molecule has 2 fully saturated rings. The van der Waals surface area contributed by atoms with Gasteiger partial charge < -0.3 is 4.74 Å². The summed E-state index contributed by atoms with van der Waals surface area (Å²) in [7, 11) is 2.02. The van der Waals surface area contributed by atoms with Crippen LogP contribution in [0.3, 0.4) is 0 Å². The molecule has 136 valence electrons. The molecule has 25 heavy (non-hydrogen) atoms. The highest BCUT2D eigenvalue weighted by atomic mass is 32.1. The Morgan fingerprint density at radius 1 is 1.24 bits per heavy atom. The molecule has 4 heterocycles. The first kappa shape index (κ1) is 17.1. The number of likely N-dealkylation sites (tertiary alicyclic amines) is 1. The van der Waals surface area contributed by atoms with E-state index in [4.69, 9.17) is 4.74 Å². The second-order valence-corrected chi connectivity index (χ2v) is 8.33. The average molecular weight is 362 g/mol. The number of fused-ring (bicyclic) bond motifs is 1. The van der Waals surface area contributed by atoms with E-state index in [0.717, 1.165) is 50.0 Å². The third kappa shape index (κ3) is 3.38. The average Bonchev–Trinajstić information content (AvgIpc) is 3.23. The van der Waals surface area contributed by atoms with Gasteiger partial charge >= 0.3 is 0 Å². The van der Waals surface area contributed by atoms with Crippen LogP contribution < -0.4 is 0 Å². The number of aryl methyl sites for hydroxylation is 3. The fourth-order valence-electron chi connectivity index (χ4n) is 4.12. The van der Waals surface area contributed by atoms with Crippen molar-refractivity contribution in [1.82, 2.24) is 24.6 Å². The molecule has 0 aliphatic carbocycles. The lowest BCUT2D eigenvalue weighted by molar-refractivity contribution is -0.0507. The molecule has 2 aliphatic rings. The van der Waals surface area contributed by atoms with Crippen molar-refractivity contribution in [3.05, 3.63) is 33.0 Å². The molecular formula is C18H27N5OS. The van der Waals surface area contributed by atoms with E-state index in [2.05, 4.69) is 46.0 Å². The summed E-state index contributed by atoms with van der Waals surface area (Å²) >= 11 is 1.74. The molecule has 0 N–H and O–H groups in total. The van der Waals surface area contributed by atoms with Crippen molar-refractivity contribution in [3.8, 4) is 0 Å². The molecule has 2 atom stereocenters. The number of ether oxygens (including phenoxy) is 1. The third-order valence-corrected chi connectivity index (χ3v) is 6.39. The first-order chi connectivity index (χ1) is 12.0. The summed E-state index contributed by atoms with van der Waals surface area (Å²) in [5, 5.41) is 7.90. The zero-order chi connectivity index (χ0) is 17.6. The first-order valence-electron chi connectivity index (χ1n) is 8.99. The van der Waals surface area contributed by atoms with E-state index in [1.165, 1.54) is 17.0 Å². The summed E-state index contributed by atoms with van der Waals surface area (Å²) in [6.45, 7) is 12.1. The van der Waals surface area contributed by atoms with E-state index >= 15 is 0 Å². The van der Waals surface area contributed by atoms with Crippen LogP contribution in [0.5, 0.6) is 0 Å². The monoisotopic (exact) mass is 361 g/mol. The maximum absolute atomic E-state index is 6.09. The van der Waals surface area contributed by atoms with Gasteiger partial charge in [-0.2, -0.15) is 5.10 Å². The number of nitrogens with zero attached hydrogens (tertiary/aromatic N) is 5. The number of morpholine rings is 1. The Morgan fingerprint density at radius 3 is 2.76 bits per heavy atom. The Morgan fingerprint density at radius 2 is 2.08 bits per heavy atom. The minimum Gasteiger partial charge on any atom is -0.374 e. The maximum atomic E-state index is 6.09. The zero-order valence-corrected chi connectivity index (χ0v) is 16.3. The van der Waals surface area contributed by atoms with Crippen LogP contribution in [-0.2, 0) is 24.9 Å². The van der Waals surface area contributed by atoms with E-state index in [1.54, 1.807) is 11.3 Å². The third-order valence-electron chi connectivity index (χ3n) is 5.56. The maximum Gasteiger partial charge on any atom is 0.0897 e. The van der Waals surface area contributed by atoms with Crippen molar-refractivity contribution in [1.29, 1.82) is 0 Å². The second kappa shape index (κ2) is 6.79. The van der Waals surface area contributed by atoms with Crippen molar-refractivity contribution in [2.45, 2.75) is 46.0 Å². The predicted octanol–water partition coefficient (Wildman–Crippen LogP) is 1.89. The van der Waals surface area contributed by atoms with E-state index < -0.39 is 0 Å². The summed E-state index contributed by atoms with van der Waals surface area (Å²) in [6, 6.07) is 0.466. The predicted molar refractivity (Wildman–Crippen MR) is 98.7 cm³/mol. The summed E-state index contributed by atoms with van der Waals surface area (Å²) in [6.07, 6.45) is 0.311. The van der Waals surface area contributed by atoms with Crippen LogP contribution in [0, 0.1) is 20.8 Å². The topological polar surface area (TPSA) is 46.4 Å². The summed E-state index contributed by atoms with van der Waals surface area (Å²) in [4.78, 5) is 9.73. The highest BCUT2D eigenvalue weighted by Crippen LogP contribution is 2.27. The number of rotatable bonds is 4. The molecule has 0 aromatic carbocycles. The lowest BCUT2D eigenvalue weighted by atomic mass is 10.1. The van der Waals surface area contributed by atoms with E-state index in [1.807, 2.05) is 11.7 Å². The lowest BCUT2D eigenvalue weighted by Gasteiger charge is -2.36. The number of hydrogen-bond donors (Lipinski definition) is 0. The van der Waals surface area contributed by atoms with Crippen LogP contribution in [0.4, 0.5) is 0 Å². The summed E-state index contributed by atoms with van der Waals surface area (Å²) in [5.41, 5.74) is 4.97. The van der Waals surface area contributed by atoms with Gasteiger partial charge in [-0.3, -0.25) is 14.5 Å². The highest BCUT2D eigenvalue weighted by molar-refractivity contribution is 7.09. The van der Waals surface area contributed by atoms with Gasteiger partial charge in [0, 0.05) is 56.4 Å². The minimum atomic E-state index is 0.311. The standard InChI is InChI=1S/C18H27N5OS/c1-12-16(13(2)21(4)20-12)8-22-9-17-18(10-22)24-6-5-23(17)7-15-11-25-14(3)19-15/h11,17-18H,5-10H2,1-4H3/t17-,18-/m0/s1. The largest absolute Gasteiger partial charge is 0.374 e. The summed E-state index contributed by atoms with van der Waals surface area (Å²) < 4.78 is 8.07. The molecule has 6 nitrogen and oxygen atoms in total. The van der Waals surface area contributed by atoms with Gasteiger partial charge in [0.1, 0.15) is 0 Å². The van der Waals surface area contributed by atoms with Crippen LogP contribution in [0.25, 0.3) is 0 Å². The van der Waals surface area contributed by atoms with Crippen molar-refractivity contribution in [2.24, 2.45) is 7.05 Å². The van der Waals surface area contributed by atoms with Crippen molar-refractivity contribution >= 4 is 11.3 Å². The van der Waals surface area contributed by atoms with Crippen molar-refractivity contribution < 1.29 is 4.74 Å². The number of aromatic nitrogens is 3. The van der Waals surface area contributed by atoms with Crippen LogP contribution in [0.2, 0.25) is 0 Å². The Balaban J connectivity index is 1.45. The van der Waals surface area contributed by atoms with Crippen molar-refractivity contribution in [3.63, 3.8) is 0 Å². The fourth-order valence-corrected chi connectivity index (χ4v) is 4.72. The summed E-state index contributed by atoms with van der Waals surface area (Å²) in [5.74, 6) is 0. The zero-order valence-electron chi connectivity index (χ0n) is 15.5. The molecule has 0 radical (unpaired) electrons. The fraction of sp³-hybridized carbons (Fsp3) is 0.667. The number of hydrogen-bond acceptors (Lipinski definition) is 6. The Bertz CT molecular complexity index is 755. The van der Waals surface area contributed by atoms with Gasteiger partial charge in [0.2, 0.25) is 0 Å². The minimum absolute atomic E-state index is 0.311. The lowest BCUT2D eigenvalue weighted by Crippen LogP contribution is -2.50. The van der Waals surface area contributed by atoms with Crippen LogP contribution in [-0.4, -0.2) is 63.0 Å². The molecule has 2 aromatic heterocycles.